The van der Waals surface area contributed by atoms with E-state index in [1.54, 1.807) is 24.8 Å². The molecule has 0 amide bonds. The lowest BCUT2D eigenvalue weighted by atomic mass is 10.6. The summed E-state index contributed by atoms with van der Waals surface area (Å²) in [5.74, 6) is 2.61. The van der Waals surface area contributed by atoms with Crippen LogP contribution in [0.5, 0.6) is 0 Å². The normalized spacial score (nSPS) is 16.0. The predicted molar refractivity (Wildman–Crippen MR) is 52.2 cm³/mol. The van der Waals surface area contributed by atoms with Gasteiger partial charge in [-0.25, -0.2) is 0 Å². The Morgan fingerprint density at radius 2 is 1.42 bits per heavy atom. The molecule has 66 valence electrons. The van der Waals surface area contributed by atoms with Crippen molar-refractivity contribution in [1.29, 1.82) is 0 Å². The summed E-state index contributed by atoms with van der Waals surface area (Å²) in [5.41, 5.74) is 0. The Kier molecular flexibility index (Phi) is 5.58. The van der Waals surface area contributed by atoms with Gasteiger partial charge in [-0.05, 0) is 0 Å². The topological polar surface area (TPSA) is 37.8 Å². The number of hydrogen-bond donors (Lipinski definition) is 1. The Morgan fingerprint density at radius 1 is 0.917 bits per heavy atom. The highest BCUT2D eigenvalue weighted by Crippen LogP contribution is 1.99. The molecule has 12 heavy (non-hydrogen) atoms. The summed E-state index contributed by atoms with van der Waals surface area (Å²) in [6.07, 6.45) is 6.56. The van der Waals surface area contributed by atoms with Gasteiger partial charge in [0.25, 0.3) is 0 Å². The van der Waals surface area contributed by atoms with Gasteiger partial charge in [-0.15, -0.1) is 0 Å². The lowest BCUT2D eigenvalue weighted by molar-refractivity contribution is 0.756. The Bertz CT molecular complexity index is 139. The summed E-state index contributed by atoms with van der Waals surface area (Å²) >= 11 is 2.03. The number of hydrogen-bond acceptors (Lipinski definition) is 4. The molecular formula is C8H13N3S. The van der Waals surface area contributed by atoms with E-state index in [1.165, 1.54) is 24.6 Å². The zero-order chi connectivity index (χ0) is 8.49. The second-order valence-electron chi connectivity index (χ2n) is 2.26. The Balaban J connectivity index is 0.000000120. The van der Waals surface area contributed by atoms with Crippen LogP contribution in [-0.2, 0) is 0 Å². The van der Waals surface area contributed by atoms with Crippen LogP contribution in [0, 0.1) is 0 Å². The highest BCUT2D eigenvalue weighted by molar-refractivity contribution is 7.99. The van der Waals surface area contributed by atoms with E-state index in [1.807, 2.05) is 11.8 Å². The number of thioether (sulfide) groups is 1. The van der Waals surface area contributed by atoms with Crippen LogP contribution in [0.25, 0.3) is 0 Å². The van der Waals surface area contributed by atoms with Gasteiger partial charge in [0, 0.05) is 49.4 Å². The maximum absolute atomic E-state index is 3.72. The minimum absolute atomic E-state index is 1.21. The van der Waals surface area contributed by atoms with E-state index in [0.717, 1.165) is 0 Å². The van der Waals surface area contributed by atoms with Gasteiger partial charge in [0.1, 0.15) is 0 Å². The summed E-state index contributed by atoms with van der Waals surface area (Å²) in [4.78, 5) is 7.44. The second kappa shape index (κ2) is 7.06. The molecule has 1 aromatic heterocycles. The van der Waals surface area contributed by atoms with E-state index in [-0.39, 0.29) is 0 Å². The van der Waals surface area contributed by atoms with Crippen LogP contribution >= 0.6 is 11.8 Å². The third kappa shape index (κ3) is 5.09. The van der Waals surface area contributed by atoms with Crippen LogP contribution in [0.2, 0.25) is 0 Å². The Morgan fingerprint density at radius 3 is 1.58 bits per heavy atom. The molecule has 3 nitrogen and oxygen atoms in total. The number of aromatic nitrogens is 2. The van der Waals surface area contributed by atoms with Crippen molar-refractivity contribution in [3.05, 3.63) is 24.8 Å². The molecule has 0 radical (unpaired) electrons. The van der Waals surface area contributed by atoms with Gasteiger partial charge >= 0.3 is 0 Å². The minimum atomic E-state index is 1.21. The van der Waals surface area contributed by atoms with Gasteiger partial charge in [0.2, 0.25) is 0 Å². The summed E-state index contributed by atoms with van der Waals surface area (Å²) in [6.45, 7) is 2.43. The number of nitrogens with one attached hydrogen (secondary N) is 1. The highest BCUT2D eigenvalue weighted by atomic mass is 32.2. The lowest BCUT2D eigenvalue weighted by Crippen LogP contribution is -2.24. The van der Waals surface area contributed by atoms with Gasteiger partial charge in [-0.3, -0.25) is 9.97 Å². The molecule has 1 aliphatic rings. The van der Waals surface area contributed by atoms with Crippen molar-refractivity contribution >= 4 is 11.8 Å². The molecule has 0 bridgehead atoms. The maximum atomic E-state index is 3.72. The summed E-state index contributed by atoms with van der Waals surface area (Å²) in [7, 11) is 0. The molecule has 2 rings (SSSR count). The van der Waals surface area contributed by atoms with Gasteiger partial charge < -0.3 is 5.32 Å². The molecular weight excluding hydrogens is 170 g/mol. The minimum Gasteiger partial charge on any atom is -0.315 e. The highest BCUT2D eigenvalue weighted by Gasteiger charge is 1.93. The number of nitrogens with zero attached hydrogens (tertiary/aromatic N) is 2. The van der Waals surface area contributed by atoms with E-state index in [9.17, 15) is 0 Å². The molecule has 0 unspecified atom stereocenters. The maximum Gasteiger partial charge on any atom is 0.0451 e. The first-order chi connectivity index (χ1) is 6.00. The molecule has 2 heterocycles. The standard InChI is InChI=1S/C4H4N2.C4H9NS/c1-2-6-4-3-5-1;1-3-6-4-2-5-1/h1-4H;5H,1-4H2. The molecule has 0 saturated carbocycles. The third-order valence-corrected chi connectivity index (χ3v) is 2.31. The first-order valence-corrected chi connectivity index (χ1v) is 5.14. The molecule has 0 aromatic carbocycles. The van der Waals surface area contributed by atoms with E-state index < -0.39 is 0 Å². The molecule has 1 fully saturated rings. The van der Waals surface area contributed by atoms with E-state index >= 15 is 0 Å². The van der Waals surface area contributed by atoms with Crippen molar-refractivity contribution < 1.29 is 0 Å². The van der Waals surface area contributed by atoms with Crippen LogP contribution in [0.15, 0.2) is 24.8 Å². The van der Waals surface area contributed by atoms with Crippen molar-refractivity contribution in [2.45, 2.75) is 0 Å². The molecule has 1 aromatic rings. The van der Waals surface area contributed by atoms with Crippen LogP contribution in [0.4, 0.5) is 0 Å². The van der Waals surface area contributed by atoms with Crippen LogP contribution < -0.4 is 5.32 Å². The van der Waals surface area contributed by atoms with Gasteiger partial charge in [0.15, 0.2) is 0 Å². The number of rotatable bonds is 0. The molecule has 1 aliphatic heterocycles. The zero-order valence-corrected chi connectivity index (χ0v) is 7.76. The monoisotopic (exact) mass is 183 g/mol. The molecule has 0 spiro atoms. The Hall–Kier alpha value is -0.610. The van der Waals surface area contributed by atoms with Crippen molar-refractivity contribution in [2.24, 2.45) is 0 Å². The predicted octanol–water partition coefficient (Wildman–Crippen LogP) is 0.799. The quantitative estimate of drug-likeness (QED) is 0.645. The second-order valence-corrected chi connectivity index (χ2v) is 3.48. The van der Waals surface area contributed by atoms with Gasteiger partial charge in [-0.2, -0.15) is 11.8 Å². The average molecular weight is 183 g/mol. The largest absolute Gasteiger partial charge is 0.315 e. The SMILES string of the molecule is C1CSCCN1.c1cnccn1. The fourth-order valence-electron chi connectivity index (χ4n) is 0.769. The summed E-state index contributed by atoms with van der Waals surface area (Å²) in [6, 6.07) is 0. The third-order valence-electron chi connectivity index (χ3n) is 1.32. The van der Waals surface area contributed by atoms with Crippen LogP contribution in [0.1, 0.15) is 0 Å². The molecule has 1 N–H and O–H groups in total. The van der Waals surface area contributed by atoms with Crippen molar-refractivity contribution in [1.82, 2.24) is 15.3 Å². The average Bonchev–Trinajstić information content (AvgIpc) is 2.24. The molecule has 4 heteroatoms. The van der Waals surface area contributed by atoms with Crippen molar-refractivity contribution in [3.63, 3.8) is 0 Å². The van der Waals surface area contributed by atoms with Crippen molar-refractivity contribution in [3.8, 4) is 0 Å². The molecule has 0 atom stereocenters. The summed E-state index contributed by atoms with van der Waals surface area (Å²) < 4.78 is 0. The van der Waals surface area contributed by atoms with E-state index in [2.05, 4.69) is 15.3 Å². The molecule has 0 aliphatic carbocycles. The lowest BCUT2D eigenvalue weighted by Gasteiger charge is -2.08. The van der Waals surface area contributed by atoms with Gasteiger partial charge in [-0.1, -0.05) is 0 Å². The zero-order valence-electron chi connectivity index (χ0n) is 6.94. The Labute approximate surface area is 77.0 Å². The van der Waals surface area contributed by atoms with Crippen LogP contribution in [-0.4, -0.2) is 34.6 Å². The fourth-order valence-corrected chi connectivity index (χ4v) is 1.55. The van der Waals surface area contributed by atoms with Crippen molar-refractivity contribution in [2.75, 3.05) is 24.6 Å². The molecule has 1 saturated heterocycles. The smallest absolute Gasteiger partial charge is 0.0451 e. The van der Waals surface area contributed by atoms with Gasteiger partial charge in [0.05, 0.1) is 0 Å². The summed E-state index contributed by atoms with van der Waals surface area (Å²) in [5, 5.41) is 3.26. The van der Waals surface area contributed by atoms with E-state index in [4.69, 9.17) is 0 Å². The first-order valence-electron chi connectivity index (χ1n) is 3.98. The van der Waals surface area contributed by atoms with E-state index in [0.29, 0.717) is 0 Å². The fraction of sp³-hybridized carbons (Fsp3) is 0.500. The van der Waals surface area contributed by atoms with Crippen LogP contribution in [0.3, 0.4) is 0 Å². The first kappa shape index (κ1) is 9.48.